The number of ether oxygens (including phenoxy) is 3. The zero-order valence-electron chi connectivity index (χ0n) is 12.4. The Morgan fingerprint density at radius 2 is 2.05 bits per heavy atom. The lowest BCUT2D eigenvalue weighted by molar-refractivity contribution is -0.159. The molecule has 0 amide bonds. The van der Waals surface area contributed by atoms with Gasteiger partial charge in [-0.15, -0.1) is 0 Å². The van der Waals surface area contributed by atoms with Gasteiger partial charge < -0.3 is 14.2 Å². The molecule has 2 atom stereocenters. The number of hydrogen-bond acceptors (Lipinski definition) is 4. The summed E-state index contributed by atoms with van der Waals surface area (Å²) in [4.78, 5) is 11.6. The van der Waals surface area contributed by atoms with E-state index in [1.807, 2.05) is 50.3 Å². The van der Waals surface area contributed by atoms with Crippen LogP contribution in [0.15, 0.2) is 42.5 Å². The number of ketones is 1. The first-order valence-electron chi connectivity index (χ1n) is 7.21. The minimum Gasteiger partial charge on any atom is -0.374 e. The Bertz CT molecular complexity index is 549. The molecule has 1 aromatic rings. The number of allylic oxidation sites excluding steroid dienone is 1. The van der Waals surface area contributed by atoms with Gasteiger partial charge >= 0.3 is 0 Å². The Balaban J connectivity index is 1.63. The second-order valence-corrected chi connectivity index (χ2v) is 6.04. The highest BCUT2D eigenvalue weighted by atomic mass is 16.8. The smallest absolute Gasteiger partial charge is 0.164 e. The Morgan fingerprint density at radius 3 is 2.71 bits per heavy atom. The molecule has 0 saturated carbocycles. The molecule has 1 saturated heterocycles. The lowest BCUT2D eigenvalue weighted by atomic mass is 9.96. The summed E-state index contributed by atoms with van der Waals surface area (Å²) in [6, 6.07) is 9.98. The molecule has 0 bridgehead atoms. The zero-order chi connectivity index (χ0) is 14.9. The molecule has 1 aliphatic carbocycles. The lowest BCUT2D eigenvalue weighted by Crippen LogP contribution is -2.40. The minimum atomic E-state index is -0.699. The molecule has 0 unspecified atom stereocenters. The second kappa shape index (κ2) is 5.37. The number of benzene rings is 1. The van der Waals surface area contributed by atoms with E-state index in [9.17, 15) is 4.79 Å². The SMILES string of the molecule is CC1(C)O[C@H](COCc2ccccc2)[C@]2(C=CC(=O)C2)O1. The van der Waals surface area contributed by atoms with Crippen LogP contribution in [0.4, 0.5) is 0 Å². The minimum absolute atomic E-state index is 0.0735. The third-order valence-corrected chi connectivity index (χ3v) is 3.79. The van der Waals surface area contributed by atoms with Gasteiger partial charge in [-0.1, -0.05) is 30.3 Å². The van der Waals surface area contributed by atoms with Gasteiger partial charge in [0, 0.05) is 6.42 Å². The monoisotopic (exact) mass is 288 g/mol. The van der Waals surface area contributed by atoms with Crippen LogP contribution in [0, 0.1) is 0 Å². The van der Waals surface area contributed by atoms with Crippen molar-refractivity contribution in [3.05, 3.63) is 48.0 Å². The number of rotatable bonds is 4. The van der Waals surface area contributed by atoms with Crippen LogP contribution >= 0.6 is 0 Å². The highest BCUT2D eigenvalue weighted by Crippen LogP contribution is 2.42. The van der Waals surface area contributed by atoms with E-state index in [1.54, 1.807) is 6.08 Å². The molecule has 0 radical (unpaired) electrons. The van der Waals surface area contributed by atoms with Gasteiger partial charge in [-0.25, -0.2) is 0 Å². The van der Waals surface area contributed by atoms with E-state index in [4.69, 9.17) is 14.2 Å². The molecule has 4 nitrogen and oxygen atoms in total. The topological polar surface area (TPSA) is 44.8 Å². The standard InChI is InChI=1S/C17H20O4/c1-16(2)20-15(17(21-16)9-8-14(18)10-17)12-19-11-13-6-4-3-5-7-13/h3-9,15H,10-12H2,1-2H3/t15-,17-/m1/s1. The molecule has 1 aromatic carbocycles. The van der Waals surface area contributed by atoms with Crippen molar-refractivity contribution in [2.45, 2.75) is 44.4 Å². The number of hydrogen-bond donors (Lipinski definition) is 0. The maximum Gasteiger partial charge on any atom is 0.164 e. The molecule has 0 N–H and O–H groups in total. The van der Waals surface area contributed by atoms with Crippen molar-refractivity contribution in [3.63, 3.8) is 0 Å². The van der Waals surface area contributed by atoms with Crippen LogP contribution in [0.1, 0.15) is 25.8 Å². The van der Waals surface area contributed by atoms with Crippen molar-refractivity contribution in [2.24, 2.45) is 0 Å². The molecule has 2 aliphatic rings. The molecule has 1 heterocycles. The van der Waals surface area contributed by atoms with Gasteiger partial charge in [-0.05, 0) is 31.6 Å². The van der Waals surface area contributed by atoms with Crippen LogP contribution in [-0.2, 0) is 25.6 Å². The summed E-state index contributed by atoms with van der Waals surface area (Å²) in [5.41, 5.74) is 0.444. The van der Waals surface area contributed by atoms with E-state index in [1.165, 1.54) is 0 Å². The molecule has 4 heteroatoms. The first kappa shape index (κ1) is 14.4. The lowest BCUT2D eigenvalue weighted by Gasteiger charge is -2.25. The summed E-state index contributed by atoms with van der Waals surface area (Å²) in [7, 11) is 0. The van der Waals surface area contributed by atoms with Crippen LogP contribution in [0.3, 0.4) is 0 Å². The number of carbonyl (C=O) groups excluding carboxylic acids is 1. The average molecular weight is 288 g/mol. The zero-order valence-corrected chi connectivity index (χ0v) is 12.4. The maximum absolute atomic E-state index is 11.6. The third kappa shape index (κ3) is 3.07. The van der Waals surface area contributed by atoms with Crippen molar-refractivity contribution in [3.8, 4) is 0 Å². The van der Waals surface area contributed by atoms with E-state index in [0.29, 0.717) is 19.6 Å². The largest absolute Gasteiger partial charge is 0.374 e. The van der Waals surface area contributed by atoms with E-state index in [0.717, 1.165) is 5.56 Å². The van der Waals surface area contributed by atoms with Crippen LogP contribution in [-0.4, -0.2) is 29.9 Å². The van der Waals surface area contributed by atoms with Crippen molar-refractivity contribution < 1.29 is 19.0 Å². The predicted molar refractivity (Wildman–Crippen MR) is 77.6 cm³/mol. The van der Waals surface area contributed by atoms with Gasteiger partial charge in [-0.2, -0.15) is 0 Å². The van der Waals surface area contributed by atoms with Crippen molar-refractivity contribution in [1.29, 1.82) is 0 Å². The molecule has 1 fully saturated rings. The summed E-state index contributed by atoms with van der Waals surface area (Å²) in [6.45, 7) is 4.65. The molecule has 3 rings (SSSR count). The fraction of sp³-hybridized carbons (Fsp3) is 0.471. The van der Waals surface area contributed by atoms with E-state index >= 15 is 0 Å². The number of carbonyl (C=O) groups is 1. The first-order valence-corrected chi connectivity index (χ1v) is 7.21. The Kier molecular flexibility index (Phi) is 3.69. The van der Waals surface area contributed by atoms with Crippen LogP contribution < -0.4 is 0 Å². The molecule has 1 spiro atoms. The van der Waals surface area contributed by atoms with E-state index in [2.05, 4.69) is 0 Å². The normalized spacial score (nSPS) is 30.4. The van der Waals surface area contributed by atoms with E-state index < -0.39 is 11.4 Å². The summed E-state index contributed by atoms with van der Waals surface area (Å²) in [5.74, 6) is -0.625. The summed E-state index contributed by atoms with van der Waals surface area (Å²) in [5, 5.41) is 0. The molecular formula is C17H20O4. The van der Waals surface area contributed by atoms with Gasteiger partial charge in [0.15, 0.2) is 11.6 Å². The van der Waals surface area contributed by atoms with E-state index in [-0.39, 0.29) is 11.9 Å². The Hall–Kier alpha value is -1.49. The van der Waals surface area contributed by atoms with Crippen molar-refractivity contribution in [1.82, 2.24) is 0 Å². The van der Waals surface area contributed by atoms with Crippen molar-refractivity contribution in [2.75, 3.05) is 6.61 Å². The van der Waals surface area contributed by atoms with Gasteiger partial charge in [0.05, 0.1) is 13.2 Å². The molecule has 1 aliphatic heterocycles. The van der Waals surface area contributed by atoms with Crippen LogP contribution in [0.25, 0.3) is 0 Å². The quantitative estimate of drug-likeness (QED) is 0.854. The fourth-order valence-corrected chi connectivity index (χ4v) is 2.94. The van der Waals surface area contributed by atoms with Gasteiger partial charge in [-0.3, -0.25) is 4.79 Å². The summed E-state index contributed by atoms with van der Waals surface area (Å²) < 4.78 is 17.7. The molecule has 0 aromatic heterocycles. The summed E-state index contributed by atoms with van der Waals surface area (Å²) in [6.07, 6.45) is 3.46. The molecular weight excluding hydrogens is 268 g/mol. The molecule has 112 valence electrons. The fourth-order valence-electron chi connectivity index (χ4n) is 2.94. The first-order chi connectivity index (χ1) is 9.99. The second-order valence-electron chi connectivity index (χ2n) is 6.04. The molecule has 21 heavy (non-hydrogen) atoms. The Morgan fingerprint density at radius 1 is 1.29 bits per heavy atom. The van der Waals surface area contributed by atoms with Crippen LogP contribution in [0.2, 0.25) is 0 Å². The highest BCUT2D eigenvalue weighted by Gasteiger charge is 2.54. The average Bonchev–Trinajstić information content (AvgIpc) is 2.91. The van der Waals surface area contributed by atoms with Gasteiger partial charge in [0.1, 0.15) is 11.7 Å². The predicted octanol–water partition coefficient (Wildman–Crippen LogP) is 2.62. The summed E-state index contributed by atoms with van der Waals surface area (Å²) >= 11 is 0. The maximum atomic E-state index is 11.6. The highest BCUT2D eigenvalue weighted by molar-refractivity contribution is 5.93. The Labute approximate surface area is 124 Å². The third-order valence-electron chi connectivity index (χ3n) is 3.79. The van der Waals surface area contributed by atoms with Gasteiger partial charge in [0.2, 0.25) is 0 Å². The van der Waals surface area contributed by atoms with Gasteiger partial charge in [0.25, 0.3) is 0 Å². The van der Waals surface area contributed by atoms with Crippen molar-refractivity contribution >= 4 is 5.78 Å². The van der Waals surface area contributed by atoms with Crippen LogP contribution in [0.5, 0.6) is 0 Å².